The third-order valence-corrected chi connectivity index (χ3v) is 4.85. The van der Waals surface area contributed by atoms with Crippen LogP contribution in [-0.2, 0) is 9.16 Å². The summed E-state index contributed by atoms with van der Waals surface area (Å²) < 4.78 is 13.1. The van der Waals surface area contributed by atoms with Crippen LogP contribution in [0.3, 0.4) is 0 Å². The Labute approximate surface area is 82.5 Å². The Hall–Kier alpha value is -0.483. The van der Waals surface area contributed by atoms with Gasteiger partial charge in [-0.2, -0.15) is 0 Å². The molecule has 0 rings (SSSR count). The smallest absolute Gasteiger partial charge is 0.328 e. The number of rotatable bonds is 4. The highest BCUT2D eigenvalue weighted by atomic mass is 28.4. The van der Waals surface area contributed by atoms with E-state index in [1.165, 1.54) is 0 Å². The van der Waals surface area contributed by atoms with E-state index in [-0.39, 0.29) is 0 Å². The minimum atomic E-state index is -1.78. The van der Waals surface area contributed by atoms with Gasteiger partial charge in [-0.15, -0.1) is 0 Å². The van der Waals surface area contributed by atoms with Crippen molar-refractivity contribution in [1.82, 2.24) is 4.57 Å². The van der Waals surface area contributed by atoms with Crippen LogP contribution in [0.25, 0.3) is 0 Å². The monoisotopic (exact) mass is 203 g/mol. The van der Waals surface area contributed by atoms with Gasteiger partial charge in [-0.05, 0) is 41.0 Å². The second-order valence-electron chi connectivity index (χ2n) is 3.93. The van der Waals surface area contributed by atoms with Crippen molar-refractivity contribution in [3.8, 4) is 0 Å². The number of hydrogen-bond donors (Lipinski definition) is 0. The van der Waals surface area contributed by atoms with E-state index in [0.29, 0.717) is 5.95 Å². The van der Waals surface area contributed by atoms with Crippen molar-refractivity contribution < 1.29 is 9.16 Å². The molecule has 0 saturated heterocycles. The molecule has 0 aromatic carbocycles. The van der Waals surface area contributed by atoms with Crippen molar-refractivity contribution in [2.45, 2.75) is 26.9 Å². The lowest BCUT2D eigenvalue weighted by Crippen LogP contribution is -2.46. The Morgan fingerprint density at radius 2 is 1.62 bits per heavy atom. The minimum absolute atomic E-state index is 0.658. The van der Waals surface area contributed by atoms with Crippen molar-refractivity contribution in [1.29, 1.82) is 0 Å². The van der Waals surface area contributed by atoms with E-state index < -0.39 is 8.48 Å². The first-order valence-corrected chi connectivity index (χ1v) is 7.24. The topological polar surface area (TPSA) is 21.7 Å². The van der Waals surface area contributed by atoms with Gasteiger partial charge in [0, 0.05) is 5.57 Å². The van der Waals surface area contributed by atoms with Gasteiger partial charge in [0.05, 0.1) is 7.11 Å². The molecule has 0 saturated carbocycles. The van der Waals surface area contributed by atoms with E-state index in [4.69, 9.17) is 9.16 Å². The van der Waals surface area contributed by atoms with E-state index in [0.717, 1.165) is 5.57 Å². The first-order chi connectivity index (χ1) is 5.81. The molecule has 0 aliphatic carbocycles. The number of nitrogens with zero attached hydrogens (tertiary/aromatic N) is 1. The molecule has 0 fully saturated rings. The molecule has 13 heavy (non-hydrogen) atoms. The summed E-state index contributed by atoms with van der Waals surface area (Å²) in [6, 6.07) is 0. The van der Waals surface area contributed by atoms with Crippen LogP contribution in [0.1, 0.15) is 13.8 Å². The van der Waals surface area contributed by atoms with E-state index >= 15 is 0 Å². The molecule has 0 N–H and O–H groups in total. The van der Waals surface area contributed by atoms with Crippen LogP contribution in [0.4, 0.5) is 0 Å². The molecule has 0 aromatic heterocycles. The van der Waals surface area contributed by atoms with E-state index in [1.54, 1.807) is 7.11 Å². The second kappa shape index (κ2) is 4.67. The van der Waals surface area contributed by atoms with E-state index in [9.17, 15) is 0 Å². The quantitative estimate of drug-likeness (QED) is 0.516. The molecule has 78 valence electrons. The second-order valence-corrected chi connectivity index (χ2v) is 7.93. The molecule has 0 amide bonds. The summed E-state index contributed by atoms with van der Waals surface area (Å²) in [5.41, 5.74) is 1.07. The van der Waals surface area contributed by atoms with Crippen LogP contribution >= 0.6 is 0 Å². The lowest BCUT2D eigenvalue weighted by atomic mass is 10.4. The van der Waals surface area contributed by atoms with Gasteiger partial charge in [-0.1, -0.05) is 0 Å². The lowest BCUT2D eigenvalue weighted by Gasteiger charge is -2.30. The highest BCUT2D eigenvalue weighted by Crippen LogP contribution is 2.16. The average molecular weight is 203 g/mol. The fraction of sp³-hybridized carbons (Fsp3) is 0.778. The van der Waals surface area contributed by atoms with Crippen LogP contribution in [-0.4, -0.2) is 34.2 Å². The highest BCUT2D eigenvalue weighted by Gasteiger charge is 2.29. The Bertz CT molecular complexity index is 196. The molecule has 0 aromatic rings. The van der Waals surface area contributed by atoms with Crippen LogP contribution in [0.15, 0.2) is 11.5 Å². The summed E-state index contributed by atoms with van der Waals surface area (Å²) in [7, 11) is 3.93. The number of ether oxygens (including phenoxy) is 1. The van der Waals surface area contributed by atoms with Crippen molar-refractivity contribution >= 4 is 8.48 Å². The molecular weight excluding hydrogens is 182 g/mol. The molecule has 0 unspecified atom stereocenters. The summed E-state index contributed by atoms with van der Waals surface area (Å²) in [5.74, 6) is 0.658. The summed E-state index contributed by atoms with van der Waals surface area (Å²) in [6.07, 6.45) is 0. The largest absolute Gasteiger partial charge is 0.505 e. The van der Waals surface area contributed by atoms with Gasteiger partial charge in [-0.3, -0.25) is 4.57 Å². The first kappa shape index (κ1) is 12.5. The maximum absolute atomic E-state index is 5.83. The number of hydrogen-bond acceptors (Lipinski definition) is 3. The fourth-order valence-corrected chi connectivity index (χ4v) is 1.59. The zero-order chi connectivity index (χ0) is 10.6. The van der Waals surface area contributed by atoms with E-state index in [1.807, 2.05) is 27.9 Å². The van der Waals surface area contributed by atoms with Crippen LogP contribution in [0, 0.1) is 0 Å². The molecule has 0 spiro atoms. The van der Waals surface area contributed by atoms with Gasteiger partial charge < -0.3 is 9.16 Å². The number of methoxy groups -OCH3 is 1. The molecular formula is C9H21NO2Si. The lowest BCUT2D eigenvalue weighted by molar-refractivity contribution is 0.130. The maximum atomic E-state index is 5.83. The predicted octanol–water partition coefficient (Wildman–Crippen LogP) is 2.16. The molecule has 0 atom stereocenters. The first-order valence-electron chi connectivity index (χ1n) is 4.39. The molecule has 0 aliphatic heterocycles. The van der Waals surface area contributed by atoms with Gasteiger partial charge in [-0.25, -0.2) is 0 Å². The molecule has 3 nitrogen and oxygen atoms in total. The Morgan fingerprint density at radius 1 is 1.15 bits per heavy atom. The Kier molecular flexibility index (Phi) is 4.50. The third kappa shape index (κ3) is 3.82. The summed E-state index contributed by atoms with van der Waals surface area (Å²) in [5, 5.41) is 0. The molecule has 4 heteroatoms. The van der Waals surface area contributed by atoms with Gasteiger partial charge in [0.1, 0.15) is 0 Å². The van der Waals surface area contributed by atoms with Crippen molar-refractivity contribution in [3.05, 3.63) is 11.5 Å². The Morgan fingerprint density at radius 3 is 1.85 bits per heavy atom. The SMILES string of the molecule is COC(O[Si](C)(C)N(C)C)=C(C)C. The van der Waals surface area contributed by atoms with Crippen molar-refractivity contribution in [2.24, 2.45) is 0 Å². The molecule has 0 heterocycles. The normalized spacial score (nSPS) is 11.4. The van der Waals surface area contributed by atoms with Gasteiger partial charge in [0.15, 0.2) is 0 Å². The zero-order valence-corrected chi connectivity index (χ0v) is 10.8. The van der Waals surface area contributed by atoms with Crippen LogP contribution < -0.4 is 0 Å². The summed E-state index contributed by atoms with van der Waals surface area (Å²) >= 11 is 0. The number of allylic oxidation sites excluding steroid dienone is 1. The zero-order valence-electron chi connectivity index (χ0n) is 9.76. The van der Waals surface area contributed by atoms with E-state index in [2.05, 4.69) is 17.7 Å². The molecule has 0 bridgehead atoms. The van der Waals surface area contributed by atoms with Gasteiger partial charge in [0.2, 0.25) is 0 Å². The van der Waals surface area contributed by atoms with Gasteiger partial charge >= 0.3 is 8.48 Å². The van der Waals surface area contributed by atoms with Crippen LogP contribution in [0.2, 0.25) is 13.1 Å². The van der Waals surface area contributed by atoms with Gasteiger partial charge in [0.25, 0.3) is 5.95 Å². The summed E-state index contributed by atoms with van der Waals surface area (Å²) in [6.45, 7) is 8.24. The highest BCUT2D eigenvalue weighted by molar-refractivity contribution is 6.68. The fourth-order valence-electron chi connectivity index (χ4n) is 0.666. The van der Waals surface area contributed by atoms with Crippen molar-refractivity contribution in [3.63, 3.8) is 0 Å². The Balaban J connectivity index is 4.51. The minimum Gasteiger partial charge on any atom is -0.505 e. The molecule has 0 radical (unpaired) electrons. The molecule has 0 aliphatic rings. The predicted molar refractivity (Wildman–Crippen MR) is 57.6 cm³/mol. The standard InChI is InChI=1S/C9H21NO2Si/c1-8(2)9(11-5)12-13(6,7)10(3)4/h1-7H3. The average Bonchev–Trinajstić information content (AvgIpc) is 1.99. The summed E-state index contributed by atoms with van der Waals surface area (Å²) in [4.78, 5) is 0. The maximum Gasteiger partial charge on any atom is 0.328 e. The van der Waals surface area contributed by atoms with Crippen LogP contribution in [0.5, 0.6) is 0 Å². The van der Waals surface area contributed by atoms with Crippen molar-refractivity contribution in [2.75, 3.05) is 21.2 Å². The third-order valence-electron chi connectivity index (χ3n) is 2.01.